The number of nitrogens with zero attached hydrogens (tertiary/aromatic N) is 5. The molecule has 2 unspecified atom stereocenters. The van der Waals surface area contributed by atoms with Crippen LogP contribution in [-0.4, -0.2) is 122 Å². The summed E-state index contributed by atoms with van der Waals surface area (Å²) in [4.78, 5) is 63.3. The minimum absolute atomic E-state index is 0.0538. The van der Waals surface area contributed by atoms with Crippen LogP contribution in [0.2, 0.25) is 0 Å². The van der Waals surface area contributed by atoms with E-state index in [0.717, 1.165) is 58.3 Å². The van der Waals surface area contributed by atoms with Crippen molar-refractivity contribution in [2.45, 2.75) is 50.5 Å². The maximum atomic E-state index is 14.2. The quantitative estimate of drug-likeness (QED) is 0.138. The molecule has 4 aromatic rings. The molecule has 4 heterocycles. The molecule has 0 bridgehead atoms. The molecule has 4 amide bonds. The van der Waals surface area contributed by atoms with Gasteiger partial charge in [-0.25, -0.2) is 14.5 Å². The van der Waals surface area contributed by atoms with Crippen molar-refractivity contribution in [1.29, 1.82) is 0 Å². The molecule has 8 rings (SSSR count). The summed E-state index contributed by atoms with van der Waals surface area (Å²) >= 11 is 6.55. The van der Waals surface area contributed by atoms with Crippen LogP contribution in [0.4, 0.5) is 21.0 Å². The maximum absolute atomic E-state index is 14.2. The van der Waals surface area contributed by atoms with Gasteiger partial charge in [0.25, 0.3) is 5.91 Å². The van der Waals surface area contributed by atoms with Crippen molar-refractivity contribution in [2.24, 2.45) is 0 Å². The summed E-state index contributed by atoms with van der Waals surface area (Å²) < 4.78 is 23.4. The van der Waals surface area contributed by atoms with Crippen LogP contribution in [0.5, 0.6) is 17.2 Å². The molecule has 4 aromatic carbocycles. The number of likely N-dealkylation sites (N-methyl/N-ethyl adjacent to an activating group) is 1. The molecule has 0 radical (unpaired) electrons. The summed E-state index contributed by atoms with van der Waals surface area (Å²) in [6.45, 7) is 7.07. The van der Waals surface area contributed by atoms with Crippen LogP contribution >= 0.6 is 11.6 Å². The number of carbonyl (C=O) groups is 4. The Bertz CT molecular complexity index is 2350. The van der Waals surface area contributed by atoms with Gasteiger partial charge in [-0.3, -0.25) is 9.59 Å². The molecular weight excluding hydrogens is 802 g/mol. The van der Waals surface area contributed by atoms with Crippen LogP contribution in [-0.2, 0) is 22.6 Å². The van der Waals surface area contributed by atoms with E-state index in [4.69, 9.17) is 30.5 Å². The van der Waals surface area contributed by atoms with Gasteiger partial charge in [0.2, 0.25) is 5.91 Å². The number of ether oxygens (including phenoxy) is 4. The number of piperazine rings is 1. The number of halogens is 1. The van der Waals surface area contributed by atoms with E-state index in [2.05, 4.69) is 11.5 Å². The van der Waals surface area contributed by atoms with Crippen molar-refractivity contribution in [3.05, 3.63) is 102 Å². The minimum atomic E-state index is -1.36. The second kappa shape index (κ2) is 18.0. The van der Waals surface area contributed by atoms with Crippen molar-refractivity contribution in [1.82, 2.24) is 14.7 Å². The second-order valence-corrected chi connectivity index (χ2v) is 16.2. The highest BCUT2D eigenvalue weighted by Gasteiger charge is 2.44. The van der Waals surface area contributed by atoms with Crippen molar-refractivity contribution in [3.63, 3.8) is 0 Å². The molecule has 15 heteroatoms. The zero-order valence-corrected chi connectivity index (χ0v) is 35.1. The first-order valence-corrected chi connectivity index (χ1v) is 21.2. The van der Waals surface area contributed by atoms with Crippen LogP contribution in [0, 0.1) is 0 Å². The van der Waals surface area contributed by atoms with Gasteiger partial charge >= 0.3 is 12.2 Å². The van der Waals surface area contributed by atoms with E-state index in [-0.39, 0.29) is 60.1 Å². The lowest BCUT2D eigenvalue weighted by Crippen LogP contribution is -2.55. The topological polar surface area (TPSA) is 142 Å². The van der Waals surface area contributed by atoms with Crippen LogP contribution in [0.1, 0.15) is 52.2 Å². The number of amides is 4. The molecule has 0 aliphatic carbocycles. The highest BCUT2D eigenvalue weighted by Crippen LogP contribution is 2.46. The normalized spacial score (nSPS) is 20.1. The van der Waals surface area contributed by atoms with E-state index in [1.165, 1.54) is 25.3 Å². The number of fused-ring (bicyclic) bond motifs is 5. The van der Waals surface area contributed by atoms with Gasteiger partial charge in [0.05, 0.1) is 36.5 Å². The third kappa shape index (κ3) is 8.31. The molecule has 0 aromatic heterocycles. The molecule has 1 N–H and O–H groups in total. The Morgan fingerprint density at radius 2 is 1.64 bits per heavy atom. The predicted octanol–water partition coefficient (Wildman–Crippen LogP) is 6.54. The molecule has 4 aliphatic heterocycles. The molecule has 320 valence electrons. The Hall–Kier alpha value is -5.83. The number of hydrogen-bond donors (Lipinski definition) is 1. The molecule has 3 atom stereocenters. The third-order valence-corrected chi connectivity index (χ3v) is 12.4. The Morgan fingerprint density at radius 1 is 0.885 bits per heavy atom. The zero-order valence-electron chi connectivity index (χ0n) is 34.4. The molecule has 14 nitrogen and oxygen atoms in total. The molecule has 2 saturated heterocycles. The number of anilines is 2. The summed E-state index contributed by atoms with van der Waals surface area (Å²) in [5.41, 5.74) is 3.45. The van der Waals surface area contributed by atoms with Gasteiger partial charge < -0.3 is 43.7 Å². The standard InChI is InChI=1S/C46H50ClN5O9/c1-4-20-59-46(57)52-36-24-40(39(58-3)23-34(36)43(54)50-15-8-7-14-35(50)44(52)55)60-28-30-11-9-10-29(21-30)22-41(53)51-27-31(26-47)42-33-13-6-5-12-32(33)38(25-37(42)51)61-45(56)49-18-16-48(2)17-19-49/h4-6,9-13,21,23-25,31,35,44,55H,1,7-8,14-20,22,26-28H2,2-3H3/t31-,35?,44?/m1/s1. The van der Waals surface area contributed by atoms with Crippen LogP contribution in [0.15, 0.2) is 79.4 Å². The number of aliphatic hydroxyl groups excluding tert-OH is 1. The van der Waals surface area contributed by atoms with E-state index >= 15 is 0 Å². The van der Waals surface area contributed by atoms with Gasteiger partial charge in [0, 0.05) is 68.6 Å². The highest BCUT2D eigenvalue weighted by molar-refractivity contribution is 6.19. The van der Waals surface area contributed by atoms with Gasteiger partial charge in [0.15, 0.2) is 17.7 Å². The molecule has 61 heavy (non-hydrogen) atoms. The summed E-state index contributed by atoms with van der Waals surface area (Å²) in [7, 11) is 3.49. The van der Waals surface area contributed by atoms with Gasteiger partial charge in [-0.05, 0) is 54.5 Å². The van der Waals surface area contributed by atoms with Crippen molar-refractivity contribution < 1.29 is 43.2 Å². The number of methoxy groups -OCH3 is 1. The molecule has 0 spiro atoms. The maximum Gasteiger partial charge on any atom is 0.416 e. The monoisotopic (exact) mass is 851 g/mol. The number of carbonyl (C=O) groups excluding carboxylic acids is 4. The first-order valence-electron chi connectivity index (χ1n) is 20.7. The van der Waals surface area contributed by atoms with E-state index < -0.39 is 24.5 Å². The molecule has 4 aliphatic rings. The second-order valence-electron chi connectivity index (χ2n) is 15.9. The number of piperidine rings is 1. The Kier molecular flexibility index (Phi) is 12.4. The lowest BCUT2D eigenvalue weighted by molar-refractivity contribution is -0.117. The van der Waals surface area contributed by atoms with E-state index in [0.29, 0.717) is 49.9 Å². The van der Waals surface area contributed by atoms with Gasteiger partial charge in [-0.1, -0.05) is 61.2 Å². The van der Waals surface area contributed by atoms with E-state index in [9.17, 15) is 24.3 Å². The Labute approximate surface area is 359 Å². The first kappa shape index (κ1) is 41.9. The summed E-state index contributed by atoms with van der Waals surface area (Å²) in [6, 6.07) is 19.5. The fourth-order valence-electron chi connectivity index (χ4n) is 8.85. The molecule has 2 fully saturated rings. The van der Waals surface area contributed by atoms with E-state index in [1.54, 1.807) is 20.8 Å². The lowest BCUT2D eigenvalue weighted by Gasteiger charge is -2.38. The SMILES string of the molecule is C=CCOC(=O)N1c2cc(OCc3cccc(CC(=O)N4C[C@@H](CCl)c5c4cc(OC(=O)N4CCN(C)CC4)c4ccccc54)c3)c(OC)cc2C(=O)N2CCCCC2C1O. The third-order valence-electron chi connectivity index (χ3n) is 12.0. The number of rotatable bonds is 10. The van der Waals surface area contributed by atoms with Crippen molar-refractivity contribution in [2.75, 3.05) is 75.7 Å². The lowest BCUT2D eigenvalue weighted by atomic mass is 9.95. The average Bonchev–Trinajstić information content (AvgIpc) is 3.63. The highest BCUT2D eigenvalue weighted by atomic mass is 35.5. The van der Waals surface area contributed by atoms with Gasteiger partial charge in [-0.2, -0.15) is 0 Å². The predicted molar refractivity (Wildman–Crippen MR) is 231 cm³/mol. The number of benzene rings is 4. The van der Waals surface area contributed by atoms with Crippen molar-refractivity contribution in [3.8, 4) is 17.2 Å². The Morgan fingerprint density at radius 3 is 2.39 bits per heavy atom. The molecular formula is C46H50ClN5O9. The average molecular weight is 852 g/mol. The van der Waals surface area contributed by atoms with E-state index in [1.807, 2.05) is 55.6 Å². The smallest absolute Gasteiger partial charge is 0.416 e. The van der Waals surface area contributed by atoms with Crippen molar-refractivity contribution >= 4 is 57.7 Å². The minimum Gasteiger partial charge on any atom is -0.493 e. The summed E-state index contributed by atoms with van der Waals surface area (Å²) in [5, 5.41) is 13.3. The fourth-order valence-corrected chi connectivity index (χ4v) is 9.11. The number of hydrogen-bond acceptors (Lipinski definition) is 10. The fraction of sp³-hybridized carbons (Fsp3) is 0.391. The summed E-state index contributed by atoms with van der Waals surface area (Å²) in [5.74, 6) is 0.612. The van der Waals surface area contributed by atoms with Gasteiger partial charge in [-0.15, -0.1) is 11.6 Å². The van der Waals surface area contributed by atoms with Crippen LogP contribution in [0.25, 0.3) is 10.8 Å². The van der Waals surface area contributed by atoms with Crippen LogP contribution < -0.4 is 24.0 Å². The zero-order chi connectivity index (χ0) is 42.8. The Balaban J connectivity index is 1.03. The first-order chi connectivity index (χ1) is 29.6. The van der Waals surface area contributed by atoms with Gasteiger partial charge in [0.1, 0.15) is 19.0 Å². The van der Waals surface area contributed by atoms with Crippen LogP contribution in [0.3, 0.4) is 0 Å². The number of aliphatic hydroxyl groups is 1. The summed E-state index contributed by atoms with van der Waals surface area (Å²) in [6.07, 6.45) is 1.00. The molecule has 0 saturated carbocycles. The largest absolute Gasteiger partial charge is 0.493 e. The number of alkyl halides is 1.